The van der Waals surface area contributed by atoms with Gasteiger partial charge < -0.3 is 30.2 Å². The van der Waals surface area contributed by atoms with Crippen molar-refractivity contribution in [2.24, 2.45) is 0 Å². The highest BCUT2D eigenvalue weighted by atomic mass is 19.1. The van der Waals surface area contributed by atoms with Crippen LogP contribution in [0.4, 0.5) is 4.39 Å². The highest BCUT2D eigenvalue weighted by Crippen LogP contribution is 2.17. The Kier molecular flexibility index (Phi) is 15.9. The smallest absolute Gasteiger partial charge is 0.216 e. The van der Waals surface area contributed by atoms with Crippen LogP contribution in [0.15, 0.2) is 0 Å². The number of nitrogens with one attached hydrogen (secondary N) is 3. The Balaban J connectivity index is 3.40. The van der Waals surface area contributed by atoms with Crippen molar-refractivity contribution in [2.75, 3.05) is 65.8 Å². The lowest BCUT2D eigenvalue weighted by atomic mass is 10.0. The number of carbonyl (C=O) groups excluding carboxylic acids is 1. The molecular weight excluding hydrogens is 341 g/mol. The second-order valence-corrected chi connectivity index (χ2v) is 6.58. The second-order valence-electron chi connectivity index (χ2n) is 6.58. The van der Waals surface area contributed by atoms with Crippen molar-refractivity contribution < 1.29 is 23.4 Å². The summed E-state index contributed by atoms with van der Waals surface area (Å²) in [6, 6.07) is 0. The molecule has 156 valence electrons. The van der Waals surface area contributed by atoms with Crippen LogP contribution in [0.2, 0.25) is 0 Å². The number of rotatable bonds is 18. The summed E-state index contributed by atoms with van der Waals surface area (Å²) < 4.78 is 30.4. The number of halogens is 1. The summed E-state index contributed by atoms with van der Waals surface area (Å²) >= 11 is 0. The summed E-state index contributed by atoms with van der Waals surface area (Å²) in [4.78, 5) is 10.8. The number of hydrogen-bond acceptors (Lipinski definition) is 6. The van der Waals surface area contributed by atoms with E-state index in [1.807, 2.05) is 0 Å². The molecule has 0 saturated heterocycles. The van der Waals surface area contributed by atoms with Gasteiger partial charge in [-0.05, 0) is 26.8 Å². The molecule has 1 atom stereocenters. The first-order chi connectivity index (χ1) is 12.4. The lowest BCUT2D eigenvalue weighted by molar-refractivity contribution is -0.120. The molecule has 0 radical (unpaired) electrons. The van der Waals surface area contributed by atoms with Gasteiger partial charge in [0.1, 0.15) is 6.17 Å². The molecular formula is C18H38FN3O4. The van der Waals surface area contributed by atoms with E-state index in [9.17, 15) is 9.18 Å². The molecule has 0 bridgehead atoms. The Morgan fingerprint density at radius 1 is 0.962 bits per heavy atom. The van der Waals surface area contributed by atoms with E-state index in [2.05, 4.69) is 22.9 Å². The summed E-state index contributed by atoms with van der Waals surface area (Å²) in [5, 5.41) is 8.96. The standard InChI is InChI=1S/C18H38FN3O4/c1-5-6-20-7-10-24-11-8-21-9-12-25-13-14-26-18(3,4)17(19)15-22-16(2)23/h17,20-21H,5-15H2,1-4H3,(H,22,23). The number of hydrogen-bond donors (Lipinski definition) is 3. The van der Waals surface area contributed by atoms with Crippen LogP contribution in [0, 0.1) is 0 Å². The van der Waals surface area contributed by atoms with Crippen LogP contribution in [0.1, 0.15) is 34.1 Å². The monoisotopic (exact) mass is 379 g/mol. The Morgan fingerprint density at radius 2 is 1.50 bits per heavy atom. The van der Waals surface area contributed by atoms with E-state index >= 15 is 0 Å². The quantitative estimate of drug-likeness (QED) is 0.307. The minimum atomic E-state index is -1.27. The van der Waals surface area contributed by atoms with Gasteiger partial charge in [-0.25, -0.2) is 4.39 Å². The maximum Gasteiger partial charge on any atom is 0.216 e. The molecule has 1 amide bonds. The highest BCUT2D eigenvalue weighted by Gasteiger charge is 2.30. The Bertz CT molecular complexity index is 346. The Labute approximate surface area is 157 Å². The molecule has 0 aliphatic carbocycles. The van der Waals surface area contributed by atoms with Crippen LogP contribution < -0.4 is 16.0 Å². The van der Waals surface area contributed by atoms with Gasteiger partial charge in [-0.3, -0.25) is 4.79 Å². The first-order valence-electron chi connectivity index (χ1n) is 9.49. The van der Waals surface area contributed by atoms with Crippen LogP contribution in [0.5, 0.6) is 0 Å². The zero-order valence-corrected chi connectivity index (χ0v) is 16.9. The number of amides is 1. The average molecular weight is 380 g/mol. The SMILES string of the molecule is CCCNCCOCCNCCOCCOC(C)(C)C(F)CNC(C)=O. The summed E-state index contributed by atoms with van der Waals surface area (Å²) in [6.07, 6.45) is -0.138. The molecule has 1 unspecified atom stereocenters. The van der Waals surface area contributed by atoms with Crippen molar-refractivity contribution in [1.29, 1.82) is 0 Å². The van der Waals surface area contributed by atoms with Crippen LogP contribution >= 0.6 is 0 Å². The molecule has 7 nitrogen and oxygen atoms in total. The van der Waals surface area contributed by atoms with Crippen molar-refractivity contribution in [3.63, 3.8) is 0 Å². The molecule has 0 aromatic heterocycles. The van der Waals surface area contributed by atoms with Gasteiger partial charge in [0, 0.05) is 26.6 Å². The molecule has 0 fully saturated rings. The zero-order valence-electron chi connectivity index (χ0n) is 16.9. The van der Waals surface area contributed by atoms with Gasteiger partial charge in [-0.1, -0.05) is 6.92 Å². The van der Waals surface area contributed by atoms with Gasteiger partial charge in [0.2, 0.25) is 5.91 Å². The summed E-state index contributed by atoms with van der Waals surface area (Å²) in [7, 11) is 0. The molecule has 0 aromatic rings. The van der Waals surface area contributed by atoms with Crippen molar-refractivity contribution in [2.45, 2.75) is 45.9 Å². The predicted octanol–water partition coefficient (Wildman–Crippen LogP) is 0.878. The largest absolute Gasteiger partial charge is 0.379 e. The molecule has 0 rings (SSSR count). The van der Waals surface area contributed by atoms with Crippen molar-refractivity contribution in [3.8, 4) is 0 Å². The summed E-state index contributed by atoms with van der Waals surface area (Å²) in [6.45, 7) is 12.9. The van der Waals surface area contributed by atoms with Crippen LogP contribution in [-0.4, -0.2) is 83.4 Å². The minimum Gasteiger partial charge on any atom is -0.379 e. The first-order valence-corrected chi connectivity index (χ1v) is 9.49. The number of ether oxygens (including phenoxy) is 3. The third-order valence-corrected chi connectivity index (χ3v) is 3.68. The fourth-order valence-electron chi connectivity index (χ4n) is 2.00. The molecule has 0 spiro atoms. The van der Waals surface area contributed by atoms with Crippen molar-refractivity contribution >= 4 is 5.91 Å². The van der Waals surface area contributed by atoms with E-state index in [0.29, 0.717) is 26.4 Å². The third-order valence-electron chi connectivity index (χ3n) is 3.68. The average Bonchev–Trinajstić information content (AvgIpc) is 2.59. The fraction of sp³-hybridized carbons (Fsp3) is 0.944. The maximum absolute atomic E-state index is 14.0. The van der Waals surface area contributed by atoms with E-state index in [0.717, 1.165) is 39.2 Å². The Hall–Kier alpha value is -0.800. The van der Waals surface area contributed by atoms with Gasteiger partial charge in [-0.15, -0.1) is 0 Å². The number of carbonyl (C=O) groups is 1. The topological polar surface area (TPSA) is 80.8 Å². The predicted molar refractivity (Wildman–Crippen MR) is 101 cm³/mol. The molecule has 26 heavy (non-hydrogen) atoms. The van der Waals surface area contributed by atoms with Crippen molar-refractivity contribution in [1.82, 2.24) is 16.0 Å². The molecule has 0 heterocycles. The second kappa shape index (κ2) is 16.4. The first kappa shape index (κ1) is 25.2. The molecule has 0 saturated carbocycles. The van der Waals surface area contributed by atoms with Crippen LogP contribution in [0.3, 0.4) is 0 Å². The van der Waals surface area contributed by atoms with Gasteiger partial charge in [-0.2, -0.15) is 0 Å². The van der Waals surface area contributed by atoms with Crippen LogP contribution in [0.25, 0.3) is 0 Å². The molecule has 0 aromatic carbocycles. The van der Waals surface area contributed by atoms with Gasteiger partial charge >= 0.3 is 0 Å². The van der Waals surface area contributed by atoms with E-state index in [4.69, 9.17) is 14.2 Å². The zero-order chi connectivity index (χ0) is 19.7. The Morgan fingerprint density at radius 3 is 2.04 bits per heavy atom. The molecule has 3 N–H and O–H groups in total. The number of alkyl halides is 1. The van der Waals surface area contributed by atoms with E-state index in [1.54, 1.807) is 13.8 Å². The van der Waals surface area contributed by atoms with Gasteiger partial charge in [0.15, 0.2) is 0 Å². The van der Waals surface area contributed by atoms with Crippen molar-refractivity contribution in [3.05, 3.63) is 0 Å². The van der Waals surface area contributed by atoms with E-state index in [1.165, 1.54) is 6.92 Å². The summed E-state index contributed by atoms with van der Waals surface area (Å²) in [5.74, 6) is -0.252. The fourth-order valence-corrected chi connectivity index (χ4v) is 2.00. The maximum atomic E-state index is 14.0. The lowest BCUT2D eigenvalue weighted by Gasteiger charge is -2.29. The highest BCUT2D eigenvalue weighted by molar-refractivity contribution is 5.72. The lowest BCUT2D eigenvalue weighted by Crippen LogP contribution is -2.44. The third kappa shape index (κ3) is 15.5. The molecule has 0 aliphatic rings. The van der Waals surface area contributed by atoms with Gasteiger partial charge in [0.25, 0.3) is 0 Å². The minimum absolute atomic E-state index is 0.0517. The van der Waals surface area contributed by atoms with E-state index in [-0.39, 0.29) is 12.5 Å². The normalized spacial score (nSPS) is 13.0. The molecule has 0 aliphatic heterocycles. The molecule has 8 heteroatoms. The van der Waals surface area contributed by atoms with E-state index < -0.39 is 11.8 Å². The summed E-state index contributed by atoms with van der Waals surface area (Å²) in [5.41, 5.74) is -0.965. The van der Waals surface area contributed by atoms with Gasteiger partial charge in [0.05, 0.1) is 45.2 Å². The van der Waals surface area contributed by atoms with Crippen LogP contribution in [-0.2, 0) is 19.0 Å².